The molecule has 2 heterocycles. The summed E-state index contributed by atoms with van der Waals surface area (Å²) in [6.07, 6.45) is 3.78. The van der Waals surface area contributed by atoms with Gasteiger partial charge in [0.15, 0.2) is 3.95 Å². The van der Waals surface area contributed by atoms with Gasteiger partial charge in [0.1, 0.15) is 0 Å². The van der Waals surface area contributed by atoms with E-state index in [0.717, 1.165) is 33.0 Å². The molecule has 124 valence electrons. The predicted molar refractivity (Wildman–Crippen MR) is 108 cm³/mol. The summed E-state index contributed by atoms with van der Waals surface area (Å²) in [4.78, 5) is 5.15. The number of hydrogen-bond donors (Lipinski definition) is 1. The van der Waals surface area contributed by atoms with Gasteiger partial charge < -0.3 is 5.11 Å². The molecule has 0 saturated heterocycles. The van der Waals surface area contributed by atoms with Gasteiger partial charge in [-0.3, -0.25) is 9.56 Å². The van der Waals surface area contributed by atoms with E-state index in [1.165, 1.54) is 16.9 Å². The molecule has 0 saturated carbocycles. The smallest absolute Gasteiger partial charge is 0.215 e. The molecule has 0 atom stereocenters. The average molecular weight is 364 g/mol. The largest absolute Gasteiger partial charge is 0.493 e. The van der Waals surface area contributed by atoms with Crippen LogP contribution in [0.15, 0.2) is 47.5 Å². The Bertz CT molecular complexity index is 1100. The molecule has 5 heteroatoms. The Morgan fingerprint density at radius 2 is 1.96 bits per heavy atom. The highest BCUT2D eigenvalue weighted by molar-refractivity contribution is 7.73. The van der Waals surface area contributed by atoms with Crippen LogP contribution in [0.3, 0.4) is 0 Å². The summed E-state index contributed by atoms with van der Waals surface area (Å²) in [7, 11) is 0. The Kier molecular flexibility index (Phi) is 3.90. The molecule has 1 aliphatic rings. The molecule has 0 amide bonds. The van der Waals surface area contributed by atoms with Gasteiger partial charge in [-0.1, -0.05) is 35.9 Å². The van der Waals surface area contributed by atoms with Crippen molar-refractivity contribution in [3.05, 3.63) is 68.0 Å². The average Bonchev–Trinajstić information content (AvgIpc) is 3.11. The summed E-state index contributed by atoms with van der Waals surface area (Å²) < 4.78 is 2.36. The van der Waals surface area contributed by atoms with Gasteiger partial charge >= 0.3 is 0 Å². The van der Waals surface area contributed by atoms with Gasteiger partial charge in [0.2, 0.25) is 5.88 Å². The van der Waals surface area contributed by atoms with Crippen LogP contribution < -0.4 is 0 Å². The third-order valence-corrected chi connectivity index (χ3v) is 5.56. The lowest BCUT2D eigenvalue weighted by molar-refractivity contribution is 0.441. The maximum Gasteiger partial charge on any atom is 0.215 e. The molecule has 25 heavy (non-hydrogen) atoms. The third kappa shape index (κ3) is 2.75. The monoisotopic (exact) mass is 364 g/mol. The zero-order valence-electron chi connectivity index (χ0n) is 13.9. The van der Waals surface area contributed by atoms with Crippen molar-refractivity contribution in [2.75, 3.05) is 0 Å². The van der Waals surface area contributed by atoms with E-state index < -0.39 is 0 Å². The zero-order chi connectivity index (χ0) is 17.6. The van der Waals surface area contributed by atoms with Crippen LogP contribution in [0.25, 0.3) is 17.3 Å². The number of fused-ring (bicyclic) bond motifs is 1. The molecule has 1 aromatic heterocycles. The Hall–Kier alpha value is -2.50. The number of aromatic hydroxyl groups is 1. The molecular weight excluding hydrogens is 348 g/mol. The lowest BCUT2D eigenvalue weighted by Gasteiger charge is -2.09. The van der Waals surface area contributed by atoms with E-state index in [-0.39, 0.29) is 5.88 Å². The van der Waals surface area contributed by atoms with Crippen molar-refractivity contribution in [1.29, 1.82) is 0 Å². The van der Waals surface area contributed by atoms with E-state index in [0.29, 0.717) is 3.95 Å². The molecule has 3 aromatic rings. The Morgan fingerprint density at radius 3 is 2.76 bits per heavy atom. The van der Waals surface area contributed by atoms with Crippen molar-refractivity contribution in [3.63, 3.8) is 0 Å². The van der Waals surface area contributed by atoms with E-state index in [1.54, 1.807) is 4.57 Å². The second-order valence-corrected chi connectivity index (χ2v) is 7.73. The number of hydrogen-bond acceptors (Lipinski definition) is 4. The van der Waals surface area contributed by atoms with Crippen molar-refractivity contribution in [2.24, 2.45) is 4.99 Å². The van der Waals surface area contributed by atoms with Crippen LogP contribution in [0.2, 0.25) is 0 Å². The van der Waals surface area contributed by atoms with E-state index in [1.807, 2.05) is 55.6 Å². The number of aromatic nitrogens is 1. The van der Waals surface area contributed by atoms with Crippen LogP contribution in [0, 0.1) is 17.8 Å². The Morgan fingerprint density at radius 1 is 1.16 bits per heavy atom. The number of aliphatic imine (C=N–C) groups is 1. The first kappa shape index (κ1) is 16.0. The molecule has 0 aliphatic carbocycles. The summed E-state index contributed by atoms with van der Waals surface area (Å²) in [5.74, 6) is 0.173. The summed E-state index contributed by atoms with van der Waals surface area (Å²) in [5, 5.41) is 10.8. The molecule has 0 bridgehead atoms. The maximum absolute atomic E-state index is 10.8. The first-order chi connectivity index (χ1) is 12.0. The Balaban J connectivity index is 1.83. The minimum atomic E-state index is 0.173. The first-order valence-electron chi connectivity index (χ1n) is 7.92. The van der Waals surface area contributed by atoms with Crippen molar-refractivity contribution in [1.82, 2.24) is 4.57 Å². The van der Waals surface area contributed by atoms with Crippen LogP contribution in [-0.4, -0.2) is 15.9 Å². The van der Waals surface area contributed by atoms with E-state index >= 15 is 0 Å². The summed E-state index contributed by atoms with van der Waals surface area (Å²) in [6, 6.07) is 14.1. The van der Waals surface area contributed by atoms with Crippen molar-refractivity contribution < 1.29 is 5.11 Å². The molecule has 2 aromatic carbocycles. The van der Waals surface area contributed by atoms with Crippen LogP contribution in [-0.2, 0) is 0 Å². The van der Waals surface area contributed by atoms with Gasteiger partial charge in [0.05, 0.1) is 16.3 Å². The van der Waals surface area contributed by atoms with Crippen molar-refractivity contribution >= 4 is 47.1 Å². The molecular formula is C20H16N2OS2. The van der Waals surface area contributed by atoms with Gasteiger partial charge in [-0.05, 0) is 49.8 Å². The second-order valence-electron chi connectivity index (χ2n) is 6.06. The van der Waals surface area contributed by atoms with E-state index in [9.17, 15) is 5.11 Å². The van der Waals surface area contributed by atoms with Gasteiger partial charge in [-0.15, -0.1) is 11.3 Å². The number of aryl methyl sites for hydroxylation is 2. The zero-order valence-corrected chi connectivity index (χ0v) is 15.5. The van der Waals surface area contributed by atoms with E-state index in [4.69, 9.17) is 12.2 Å². The molecule has 4 rings (SSSR count). The summed E-state index contributed by atoms with van der Waals surface area (Å²) in [5.41, 5.74) is 6.18. The molecule has 1 aliphatic heterocycles. The van der Waals surface area contributed by atoms with Crippen LogP contribution in [0.4, 0.5) is 5.69 Å². The highest BCUT2D eigenvalue weighted by Crippen LogP contribution is 2.37. The molecule has 0 spiro atoms. The Labute approximate surface area is 155 Å². The van der Waals surface area contributed by atoms with Crippen molar-refractivity contribution in [3.8, 4) is 11.6 Å². The number of para-hydroxylation sites is 1. The highest BCUT2D eigenvalue weighted by Gasteiger charge is 2.16. The lowest BCUT2D eigenvalue weighted by Crippen LogP contribution is -1.96. The highest BCUT2D eigenvalue weighted by atomic mass is 32.1. The predicted octanol–water partition coefficient (Wildman–Crippen LogP) is 5.85. The van der Waals surface area contributed by atoms with Crippen LogP contribution in [0.1, 0.15) is 21.6 Å². The van der Waals surface area contributed by atoms with Gasteiger partial charge in [0, 0.05) is 17.4 Å². The van der Waals surface area contributed by atoms with Gasteiger partial charge in [0.25, 0.3) is 0 Å². The molecule has 3 nitrogen and oxygen atoms in total. The van der Waals surface area contributed by atoms with Crippen LogP contribution >= 0.6 is 23.6 Å². The minimum Gasteiger partial charge on any atom is -0.493 e. The maximum atomic E-state index is 10.8. The fraction of sp³-hybridized carbons (Fsp3) is 0.100. The normalized spacial score (nSPS) is 14.2. The molecule has 0 unspecified atom stereocenters. The topological polar surface area (TPSA) is 37.5 Å². The number of benzene rings is 2. The summed E-state index contributed by atoms with van der Waals surface area (Å²) >= 11 is 6.91. The number of rotatable bonds is 2. The minimum absolute atomic E-state index is 0.173. The van der Waals surface area contributed by atoms with Crippen LogP contribution in [0.5, 0.6) is 5.88 Å². The number of thiazole rings is 1. The number of allylic oxidation sites excluding steroid dienone is 1. The SMILES string of the molecule is Cc1ccc(-n2c(O)c(C=C3C=Nc4ccccc43)sc2=S)c(C)c1. The van der Waals surface area contributed by atoms with Crippen molar-refractivity contribution in [2.45, 2.75) is 13.8 Å². The molecule has 0 radical (unpaired) electrons. The molecule has 1 N–H and O–H groups in total. The van der Waals surface area contributed by atoms with Gasteiger partial charge in [-0.25, -0.2) is 0 Å². The quantitative estimate of drug-likeness (QED) is 0.579. The molecule has 0 fully saturated rings. The second kappa shape index (κ2) is 6.10. The fourth-order valence-corrected chi connectivity index (χ4v) is 4.33. The lowest BCUT2D eigenvalue weighted by atomic mass is 10.1. The fourth-order valence-electron chi connectivity index (χ4n) is 3.04. The first-order valence-corrected chi connectivity index (χ1v) is 9.14. The van der Waals surface area contributed by atoms with Gasteiger partial charge in [-0.2, -0.15) is 0 Å². The third-order valence-electron chi connectivity index (χ3n) is 4.25. The standard InChI is InChI=1S/C20H16N2OS2/c1-12-7-8-17(13(2)9-12)22-19(23)18(25-20(22)24)10-14-11-21-16-6-4-3-5-15(14)16/h3-11,23H,1-2H3. The summed E-state index contributed by atoms with van der Waals surface area (Å²) in [6.45, 7) is 4.08. The van der Waals surface area contributed by atoms with E-state index in [2.05, 4.69) is 18.0 Å². The number of nitrogens with zero attached hydrogens (tertiary/aromatic N) is 2.